The van der Waals surface area contributed by atoms with Crippen LogP contribution < -0.4 is 5.32 Å². The molecule has 1 N–H and O–H groups in total. The molecule has 0 radical (unpaired) electrons. The number of nitrogens with one attached hydrogen (secondary N) is 1. The zero-order chi connectivity index (χ0) is 11.1. The molecule has 0 aliphatic rings. The van der Waals surface area contributed by atoms with Gasteiger partial charge in [0, 0.05) is 19.0 Å². The smallest absolute Gasteiger partial charge is 0.188 e. The second kappa shape index (κ2) is 6.71. The van der Waals surface area contributed by atoms with Gasteiger partial charge in [0.05, 0.1) is 20.2 Å². The Kier molecular flexibility index (Phi) is 5.52. The van der Waals surface area contributed by atoms with E-state index in [0.29, 0.717) is 24.9 Å². The third-order valence-electron chi connectivity index (χ3n) is 1.92. The lowest BCUT2D eigenvalue weighted by Gasteiger charge is -2.15. The summed E-state index contributed by atoms with van der Waals surface area (Å²) in [6.45, 7) is 1.21. The molecule has 1 aromatic rings. The van der Waals surface area contributed by atoms with E-state index in [2.05, 4.69) is 20.7 Å². The number of aryl methyl sites for hydroxylation is 1. The first-order valence-electron chi connectivity index (χ1n) is 4.77. The fourth-order valence-corrected chi connectivity index (χ4v) is 1.47. The summed E-state index contributed by atoms with van der Waals surface area (Å²) >= 11 is 5.67. The van der Waals surface area contributed by atoms with Gasteiger partial charge in [-0.1, -0.05) is 0 Å². The molecule has 0 aliphatic carbocycles. The lowest BCUT2D eigenvalue weighted by atomic mass is 10.2. The molecule has 15 heavy (non-hydrogen) atoms. The summed E-state index contributed by atoms with van der Waals surface area (Å²) in [5.41, 5.74) is 0. The van der Waals surface area contributed by atoms with Crippen molar-refractivity contribution >= 4 is 11.6 Å². The fraction of sp³-hybridized carbons (Fsp3) is 0.875. The first-order valence-corrected chi connectivity index (χ1v) is 5.31. The number of rotatable bonds is 7. The summed E-state index contributed by atoms with van der Waals surface area (Å²) in [6, 6.07) is 0.233. The largest absolute Gasteiger partial charge is 0.383 e. The number of alkyl halides is 1. The molecule has 1 rings (SSSR count). The SMILES string of the molecule is COCC(CCCl)NCc1nnn(C)n1. The zero-order valence-corrected chi connectivity index (χ0v) is 9.74. The Morgan fingerprint density at radius 1 is 1.60 bits per heavy atom. The Morgan fingerprint density at radius 3 is 2.93 bits per heavy atom. The standard InChI is InChI=1S/C8H16ClN5O/c1-14-12-8(11-13-14)5-10-7(3-4-9)6-15-2/h7,10H,3-6H2,1-2H3. The fourth-order valence-electron chi connectivity index (χ4n) is 1.21. The Morgan fingerprint density at radius 2 is 2.40 bits per heavy atom. The van der Waals surface area contributed by atoms with E-state index < -0.39 is 0 Å². The number of halogens is 1. The van der Waals surface area contributed by atoms with Crippen molar-refractivity contribution in [1.82, 2.24) is 25.5 Å². The molecular formula is C8H16ClN5O. The number of methoxy groups -OCH3 is 1. The van der Waals surface area contributed by atoms with Crippen molar-refractivity contribution in [2.24, 2.45) is 7.05 Å². The van der Waals surface area contributed by atoms with Gasteiger partial charge >= 0.3 is 0 Å². The summed E-state index contributed by atoms with van der Waals surface area (Å²) in [5, 5.41) is 14.9. The summed E-state index contributed by atoms with van der Waals surface area (Å²) in [6.07, 6.45) is 0.857. The normalized spacial score (nSPS) is 13.0. The van der Waals surface area contributed by atoms with E-state index in [9.17, 15) is 0 Å². The molecule has 0 bridgehead atoms. The molecule has 7 heteroatoms. The van der Waals surface area contributed by atoms with E-state index in [-0.39, 0.29) is 6.04 Å². The van der Waals surface area contributed by atoms with E-state index in [1.54, 1.807) is 14.2 Å². The highest BCUT2D eigenvalue weighted by Gasteiger charge is 2.08. The molecule has 0 aliphatic heterocycles. The highest BCUT2D eigenvalue weighted by Crippen LogP contribution is 1.97. The summed E-state index contributed by atoms with van der Waals surface area (Å²) in [4.78, 5) is 1.43. The molecule has 1 heterocycles. The Hall–Kier alpha value is -0.720. The van der Waals surface area contributed by atoms with E-state index in [1.165, 1.54) is 4.80 Å². The van der Waals surface area contributed by atoms with E-state index >= 15 is 0 Å². The van der Waals surface area contributed by atoms with Crippen LogP contribution in [0.5, 0.6) is 0 Å². The van der Waals surface area contributed by atoms with Crippen LogP contribution in [-0.4, -0.2) is 45.8 Å². The number of nitrogens with zero attached hydrogens (tertiary/aromatic N) is 4. The number of hydrogen-bond acceptors (Lipinski definition) is 5. The van der Waals surface area contributed by atoms with Crippen molar-refractivity contribution < 1.29 is 4.74 Å². The number of aromatic nitrogens is 4. The number of hydrogen-bond donors (Lipinski definition) is 1. The van der Waals surface area contributed by atoms with Gasteiger partial charge in [-0.2, -0.15) is 4.80 Å². The van der Waals surface area contributed by atoms with Gasteiger partial charge < -0.3 is 10.1 Å². The Bertz CT molecular complexity index is 274. The van der Waals surface area contributed by atoms with Crippen molar-refractivity contribution in [3.63, 3.8) is 0 Å². The second-order valence-electron chi connectivity index (χ2n) is 3.21. The van der Waals surface area contributed by atoms with Gasteiger partial charge in [-0.25, -0.2) is 0 Å². The zero-order valence-electron chi connectivity index (χ0n) is 8.98. The highest BCUT2D eigenvalue weighted by molar-refractivity contribution is 6.17. The van der Waals surface area contributed by atoms with Crippen LogP contribution >= 0.6 is 11.6 Å². The van der Waals surface area contributed by atoms with Crippen LogP contribution in [-0.2, 0) is 18.3 Å². The third kappa shape index (κ3) is 4.55. The molecule has 0 saturated carbocycles. The minimum Gasteiger partial charge on any atom is -0.383 e. The lowest BCUT2D eigenvalue weighted by molar-refractivity contribution is 0.163. The van der Waals surface area contributed by atoms with Gasteiger partial charge in [0.2, 0.25) is 0 Å². The topological polar surface area (TPSA) is 64.9 Å². The molecule has 0 amide bonds. The first kappa shape index (κ1) is 12.4. The van der Waals surface area contributed by atoms with Crippen molar-refractivity contribution in [1.29, 1.82) is 0 Å². The van der Waals surface area contributed by atoms with E-state index in [1.807, 2.05) is 0 Å². The van der Waals surface area contributed by atoms with Crippen LogP contribution in [0.15, 0.2) is 0 Å². The Balaban J connectivity index is 2.32. The molecule has 0 aromatic carbocycles. The van der Waals surface area contributed by atoms with Gasteiger partial charge in [0.25, 0.3) is 0 Å². The number of ether oxygens (including phenoxy) is 1. The number of tetrazole rings is 1. The van der Waals surface area contributed by atoms with Gasteiger partial charge in [-0.3, -0.25) is 0 Å². The van der Waals surface area contributed by atoms with E-state index in [0.717, 1.165) is 6.42 Å². The predicted molar refractivity (Wildman–Crippen MR) is 56.6 cm³/mol. The van der Waals surface area contributed by atoms with Gasteiger partial charge in [0.15, 0.2) is 5.82 Å². The minimum absolute atomic E-state index is 0.233. The average molecular weight is 234 g/mol. The summed E-state index contributed by atoms with van der Waals surface area (Å²) < 4.78 is 5.07. The molecule has 1 atom stereocenters. The van der Waals surface area contributed by atoms with Crippen LogP contribution in [0, 0.1) is 0 Å². The third-order valence-corrected chi connectivity index (χ3v) is 2.14. The van der Waals surface area contributed by atoms with Crippen LogP contribution in [0.4, 0.5) is 0 Å². The Labute approximate surface area is 93.9 Å². The predicted octanol–water partition coefficient (Wildman–Crippen LogP) is -0.0564. The quantitative estimate of drug-likeness (QED) is 0.669. The monoisotopic (exact) mass is 233 g/mol. The lowest BCUT2D eigenvalue weighted by Crippen LogP contribution is -2.33. The van der Waals surface area contributed by atoms with Gasteiger partial charge in [-0.15, -0.1) is 21.8 Å². The summed E-state index contributed by atoms with van der Waals surface area (Å²) in [5.74, 6) is 1.28. The molecule has 6 nitrogen and oxygen atoms in total. The maximum atomic E-state index is 5.67. The van der Waals surface area contributed by atoms with Crippen molar-refractivity contribution in [2.45, 2.75) is 19.0 Å². The minimum atomic E-state index is 0.233. The maximum absolute atomic E-state index is 5.67. The first-order chi connectivity index (χ1) is 7.26. The molecule has 0 saturated heterocycles. The molecular weight excluding hydrogens is 218 g/mol. The molecule has 0 spiro atoms. The van der Waals surface area contributed by atoms with Crippen molar-refractivity contribution in [3.8, 4) is 0 Å². The average Bonchev–Trinajstić information content (AvgIpc) is 2.61. The second-order valence-corrected chi connectivity index (χ2v) is 3.58. The highest BCUT2D eigenvalue weighted by atomic mass is 35.5. The molecule has 1 aromatic heterocycles. The van der Waals surface area contributed by atoms with Crippen molar-refractivity contribution in [2.75, 3.05) is 19.6 Å². The summed E-state index contributed by atoms with van der Waals surface area (Å²) in [7, 11) is 3.41. The van der Waals surface area contributed by atoms with Crippen LogP contribution in [0.3, 0.4) is 0 Å². The molecule has 86 valence electrons. The molecule has 0 fully saturated rings. The molecule has 1 unspecified atom stereocenters. The van der Waals surface area contributed by atoms with Crippen LogP contribution in [0.25, 0.3) is 0 Å². The van der Waals surface area contributed by atoms with E-state index in [4.69, 9.17) is 16.3 Å². The maximum Gasteiger partial charge on any atom is 0.188 e. The van der Waals surface area contributed by atoms with Gasteiger partial charge in [-0.05, 0) is 11.6 Å². The van der Waals surface area contributed by atoms with Crippen molar-refractivity contribution in [3.05, 3.63) is 5.82 Å². The van der Waals surface area contributed by atoms with Crippen LogP contribution in [0.1, 0.15) is 12.2 Å². The van der Waals surface area contributed by atoms with Crippen LogP contribution in [0.2, 0.25) is 0 Å². The van der Waals surface area contributed by atoms with Gasteiger partial charge in [0.1, 0.15) is 0 Å².